The standard InChI is InChI=1S/C14H19NO/c1-12(16)15-10-6-9-14(2,11-15)13-7-4-3-5-8-13/h3-5,7-8H,6,9-11H2,1-2H3. The van der Waals surface area contributed by atoms with Crippen LogP contribution in [-0.4, -0.2) is 23.9 Å². The van der Waals surface area contributed by atoms with Gasteiger partial charge in [0.25, 0.3) is 0 Å². The van der Waals surface area contributed by atoms with Crippen molar-refractivity contribution < 1.29 is 4.79 Å². The Morgan fingerprint density at radius 1 is 1.31 bits per heavy atom. The van der Waals surface area contributed by atoms with Crippen LogP contribution in [-0.2, 0) is 10.2 Å². The van der Waals surface area contributed by atoms with E-state index in [2.05, 4.69) is 31.2 Å². The zero-order valence-corrected chi connectivity index (χ0v) is 10.1. The molecular weight excluding hydrogens is 198 g/mol. The maximum absolute atomic E-state index is 11.4. The largest absolute Gasteiger partial charge is 0.342 e. The molecule has 1 aromatic carbocycles. The molecule has 0 N–H and O–H groups in total. The number of hydrogen-bond donors (Lipinski definition) is 0. The summed E-state index contributed by atoms with van der Waals surface area (Å²) in [5.41, 5.74) is 1.48. The van der Waals surface area contributed by atoms with Crippen molar-refractivity contribution in [2.45, 2.75) is 32.1 Å². The number of benzene rings is 1. The Bertz CT molecular complexity index is 374. The molecule has 0 saturated carbocycles. The predicted octanol–water partition coefficient (Wildman–Crippen LogP) is 2.59. The fourth-order valence-electron chi connectivity index (χ4n) is 2.58. The van der Waals surface area contributed by atoms with Gasteiger partial charge in [-0.2, -0.15) is 0 Å². The third-order valence-corrected chi connectivity index (χ3v) is 3.61. The number of likely N-dealkylation sites (tertiary alicyclic amines) is 1. The lowest BCUT2D eigenvalue weighted by Gasteiger charge is -2.40. The molecule has 0 radical (unpaired) electrons. The molecule has 0 spiro atoms. The lowest BCUT2D eigenvalue weighted by molar-refractivity contribution is -0.130. The van der Waals surface area contributed by atoms with E-state index in [1.165, 1.54) is 12.0 Å². The van der Waals surface area contributed by atoms with E-state index in [1.807, 2.05) is 11.0 Å². The van der Waals surface area contributed by atoms with Crippen LogP contribution in [0.25, 0.3) is 0 Å². The van der Waals surface area contributed by atoms with Crippen LogP contribution in [0, 0.1) is 0 Å². The second kappa shape index (κ2) is 4.28. The highest BCUT2D eigenvalue weighted by atomic mass is 16.2. The molecule has 0 aromatic heterocycles. The van der Waals surface area contributed by atoms with Crippen molar-refractivity contribution in [1.29, 1.82) is 0 Å². The van der Waals surface area contributed by atoms with E-state index < -0.39 is 0 Å². The summed E-state index contributed by atoms with van der Waals surface area (Å²) in [6, 6.07) is 10.5. The summed E-state index contributed by atoms with van der Waals surface area (Å²) in [5, 5.41) is 0. The van der Waals surface area contributed by atoms with Crippen molar-refractivity contribution in [3.63, 3.8) is 0 Å². The van der Waals surface area contributed by atoms with E-state index in [4.69, 9.17) is 0 Å². The molecule has 1 heterocycles. The molecule has 2 rings (SSSR count). The summed E-state index contributed by atoms with van der Waals surface area (Å²) in [6.07, 6.45) is 2.27. The van der Waals surface area contributed by atoms with Crippen LogP contribution < -0.4 is 0 Å². The minimum atomic E-state index is 0.130. The van der Waals surface area contributed by atoms with Gasteiger partial charge >= 0.3 is 0 Å². The number of amides is 1. The molecule has 1 unspecified atom stereocenters. The number of carbonyl (C=O) groups is 1. The molecule has 1 fully saturated rings. The highest BCUT2D eigenvalue weighted by Gasteiger charge is 2.33. The number of carbonyl (C=O) groups excluding carboxylic acids is 1. The summed E-state index contributed by atoms with van der Waals surface area (Å²) in [4.78, 5) is 13.4. The number of nitrogens with zero attached hydrogens (tertiary/aromatic N) is 1. The molecule has 86 valence electrons. The summed E-state index contributed by atoms with van der Waals surface area (Å²) in [6.45, 7) is 5.69. The summed E-state index contributed by atoms with van der Waals surface area (Å²) in [5.74, 6) is 0.196. The number of rotatable bonds is 1. The van der Waals surface area contributed by atoms with Gasteiger partial charge in [0.05, 0.1) is 0 Å². The molecule has 1 aliphatic rings. The average molecular weight is 217 g/mol. The zero-order valence-electron chi connectivity index (χ0n) is 10.1. The van der Waals surface area contributed by atoms with Crippen molar-refractivity contribution in [2.75, 3.05) is 13.1 Å². The third kappa shape index (κ3) is 2.11. The first-order valence-corrected chi connectivity index (χ1v) is 5.93. The van der Waals surface area contributed by atoms with Crippen LogP contribution in [0.5, 0.6) is 0 Å². The van der Waals surface area contributed by atoms with Crippen LogP contribution in [0.15, 0.2) is 30.3 Å². The minimum absolute atomic E-state index is 0.130. The van der Waals surface area contributed by atoms with Crippen LogP contribution in [0.1, 0.15) is 32.3 Å². The van der Waals surface area contributed by atoms with Gasteiger partial charge in [-0.05, 0) is 18.4 Å². The van der Waals surface area contributed by atoms with Gasteiger partial charge in [0.15, 0.2) is 0 Å². The summed E-state index contributed by atoms with van der Waals surface area (Å²) in [7, 11) is 0. The topological polar surface area (TPSA) is 20.3 Å². The van der Waals surface area contributed by atoms with E-state index in [0.29, 0.717) is 0 Å². The molecule has 1 aliphatic heterocycles. The van der Waals surface area contributed by atoms with Gasteiger partial charge in [-0.1, -0.05) is 37.3 Å². The Morgan fingerprint density at radius 3 is 2.62 bits per heavy atom. The van der Waals surface area contributed by atoms with Gasteiger partial charge in [0.1, 0.15) is 0 Å². The van der Waals surface area contributed by atoms with Crippen LogP contribution in [0.3, 0.4) is 0 Å². The predicted molar refractivity (Wildman–Crippen MR) is 65.3 cm³/mol. The first-order chi connectivity index (χ1) is 7.62. The lowest BCUT2D eigenvalue weighted by Crippen LogP contribution is -2.46. The molecule has 0 bridgehead atoms. The molecular formula is C14H19NO. The maximum Gasteiger partial charge on any atom is 0.219 e. The van der Waals surface area contributed by atoms with E-state index in [-0.39, 0.29) is 11.3 Å². The van der Waals surface area contributed by atoms with Crippen LogP contribution in [0.2, 0.25) is 0 Å². The molecule has 1 aromatic rings. The van der Waals surface area contributed by atoms with Crippen molar-refractivity contribution in [1.82, 2.24) is 4.90 Å². The van der Waals surface area contributed by atoms with E-state index in [0.717, 1.165) is 19.5 Å². The van der Waals surface area contributed by atoms with Crippen LogP contribution in [0.4, 0.5) is 0 Å². The smallest absolute Gasteiger partial charge is 0.219 e. The Balaban J connectivity index is 2.22. The fourth-order valence-corrected chi connectivity index (χ4v) is 2.58. The normalized spacial score (nSPS) is 25.5. The lowest BCUT2D eigenvalue weighted by atomic mass is 9.76. The van der Waals surface area contributed by atoms with Gasteiger partial charge in [0, 0.05) is 25.4 Å². The SMILES string of the molecule is CC(=O)N1CCCC(C)(c2ccccc2)C1. The van der Waals surface area contributed by atoms with Crippen molar-refractivity contribution >= 4 is 5.91 Å². The Kier molecular flexibility index (Phi) is 2.99. The second-order valence-electron chi connectivity index (χ2n) is 4.97. The molecule has 2 heteroatoms. The summed E-state index contributed by atoms with van der Waals surface area (Å²) < 4.78 is 0. The average Bonchev–Trinajstić information content (AvgIpc) is 2.30. The Morgan fingerprint density at radius 2 is 2.00 bits per heavy atom. The zero-order chi connectivity index (χ0) is 11.6. The molecule has 1 saturated heterocycles. The van der Waals surface area contributed by atoms with Gasteiger partial charge in [-0.15, -0.1) is 0 Å². The Labute approximate surface area is 97.3 Å². The second-order valence-corrected chi connectivity index (χ2v) is 4.97. The van der Waals surface area contributed by atoms with Gasteiger partial charge in [-0.25, -0.2) is 0 Å². The van der Waals surface area contributed by atoms with Crippen LogP contribution >= 0.6 is 0 Å². The number of piperidine rings is 1. The molecule has 1 amide bonds. The van der Waals surface area contributed by atoms with E-state index in [1.54, 1.807) is 6.92 Å². The molecule has 2 nitrogen and oxygen atoms in total. The first-order valence-electron chi connectivity index (χ1n) is 5.93. The molecule has 0 aliphatic carbocycles. The van der Waals surface area contributed by atoms with Gasteiger partial charge in [-0.3, -0.25) is 4.79 Å². The van der Waals surface area contributed by atoms with Crippen molar-refractivity contribution in [3.05, 3.63) is 35.9 Å². The van der Waals surface area contributed by atoms with Gasteiger partial charge < -0.3 is 4.90 Å². The minimum Gasteiger partial charge on any atom is -0.342 e. The number of hydrogen-bond acceptors (Lipinski definition) is 1. The highest BCUT2D eigenvalue weighted by Crippen LogP contribution is 2.33. The fraction of sp³-hybridized carbons (Fsp3) is 0.500. The Hall–Kier alpha value is -1.31. The molecule has 1 atom stereocenters. The van der Waals surface area contributed by atoms with E-state index >= 15 is 0 Å². The summed E-state index contributed by atoms with van der Waals surface area (Å²) >= 11 is 0. The van der Waals surface area contributed by atoms with E-state index in [9.17, 15) is 4.79 Å². The van der Waals surface area contributed by atoms with Crippen molar-refractivity contribution in [3.8, 4) is 0 Å². The van der Waals surface area contributed by atoms with Crippen molar-refractivity contribution in [2.24, 2.45) is 0 Å². The quantitative estimate of drug-likeness (QED) is 0.708. The van der Waals surface area contributed by atoms with Gasteiger partial charge in [0.2, 0.25) is 5.91 Å². The molecule has 16 heavy (non-hydrogen) atoms. The maximum atomic E-state index is 11.4. The third-order valence-electron chi connectivity index (χ3n) is 3.61. The highest BCUT2D eigenvalue weighted by molar-refractivity contribution is 5.73. The monoisotopic (exact) mass is 217 g/mol. The first kappa shape index (κ1) is 11.2.